The second-order valence-corrected chi connectivity index (χ2v) is 5.22. The first kappa shape index (κ1) is 16.1. The zero-order chi connectivity index (χ0) is 15.9. The Bertz CT molecular complexity index is 632. The van der Waals surface area contributed by atoms with Crippen LogP contribution < -0.4 is 14.8 Å². The van der Waals surface area contributed by atoms with Crippen LogP contribution in [0.4, 0.5) is 5.69 Å². The molecule has 2 rings (SSSR count). The molecule has 0 heterocycles. The molecule has 1 N–H and O–H groups in total. The molecule has 2 aromatic carbocycles. The highest BCUT2D eigenvalue weighted by Gasteiger charge is 2.10. The van der Waals surface area contributed by atoms with Gasteiger partial charge >= 0.3 is 0 Å². The van der Waals surface area contributed by atoms with Crippen LogP contribution in [0, 0.1) is 0 Å². The molecule has 4 nitrogen and oxygen atoms in total. The van der Waals surface area contributed by atoms with Gasteiger partial charge in [-0.25, -0.2) is 0 Å². The SMILES string of the molecule is COc1ccc(CN(C)C(=S)Nc2ccccc2)c(OC)c1. The Balaban J connectivity index is 2.05. The normalized spacial score (nSPS) is 9.95. The maximum Gasteiger partial charge on any atom is 0.173 e. The third kappa shape index (κ3) is 4.11. The summed E-state index contributed by atoms with van der Waals surface area (Å²) >= 11 is 5.44. The molecule has 2 aromatic rings. The average Bonchev–Trinajstić information content (AvgIpc) is 2.56. The van der Waals surface area contributed by atoms with Gasteiger partial charge in [0.2, 0.25) is 0 Å². The highest BCUT2D eigenvalue weighted by Crippen LogP contribution is 2.25. The monoisotopic (exact) mass is 316 g/mol. The van der Waals surface area contributed by atoms with E-state index in [-0.39, 0.29) is 0 Å². The lowest BCUT2D eigenvalue weighted by Crippen LogP contribution is -2.30. The summed E-state index contributed by atoms with van der Waals surface area (Å²) in [7, 11) is 5.24. The van der Waals surface area contributed by atoms with Crippen LogP contribution in [-0.4, -0.2) is 31.3 Å². The molecule has 0 spiro atoms. The van der Waals surface area contributed by atoms with Gasteiger partial charge in [0.05, 0.1) is 14.2 Å². The number of nitrogens with zero attached hydrogens (tertiary/aromatic N) is 1. The molecular weight excluding hydrogens is 296 g/mol. The second-order valence-electron chi connectivity index (χ2n) is 4.83. The second kappa shape index (κ2) is 7.66. The summed E-state index contributed by atoms with van der Waals surface area (Å²) in [5.41, 5.74) is 2.02. The van der Waals surface area contributed by atoms with Crippen LogP contribution in [0.2, 0.25) is 0 Å². The van der Waals surface area contributed by atoms with E-state index in [0.29, 0.717) is 11.7 Å². The maximum absolute atomic E-state index is 5.44. The lowest BCUT2D eigenvalue weighted by atomic mass is 10.2. The minimum atomic E-state index is 0.645. The van der Waals surface area contributed by atoms with Gasteiger partial charge in [0.25, 0.3) is 0 Å². The van der Waals surface area contributed by atoms with Crippen molar-refractivity contribution < 1.29 is 9.47 Å². The zero-order valence-electron chi connectivity index (χ0n) is 13.0. The van der Waals surface area contributed by atoms with Gasteiger partial charge in [0, 0.05) is 30.9 Å². The predicted molar refractivity (Wildman–Crippen MR) is 93.7 cm³/mol. The van der Waals surface area contributed by atoms with Crippen molar-refractivity contribution in [3.8, 4) is 11.5 Å². The van der Waals surface area contributed by atoms with Gasteiger partial charge in [-0.2, -0.15) is 0 Å². The van der Waals surface area contributed by atoms with Crippen molar-refractivity contribution in [2.24, 2.45) is 0 Å². The van der Waals surface area contributed by atoms with Gasteiger partial charge in [0.1, 0.15) is 11.5 Å². The summed E-state index contributed by atoms with van der Waals surface area (Å²) in [4.78, 5) is 1.96. The van der Waals surface area contributed by atoms with Crippen LogP contribution in [0.1, 0.15) is 5.56 Å². The van der Waals surface area contributed by atoms with Gasteiger partial charge in [-0.05, 0) is 36.5 Å². The van der Waals surface area contributed by atoms with Crippen LogP contribution in [0.15, 0.2) is 48.5 Å². The molecule has 0 aliphatic carbocycles. The topological polar surface area (TPSA) is 33.7 Å². The fourth-order valence-corrected chi connectivity index (χ4v) is 2.23. The standard InChI is InChI=1S/C17H20N2O2S/c1-19(17(22)18-14-7-5-4-6-8-14)12-13-9-10-15(20-2)11-16(13)21-3/h4-11H,12H2,1-3H3,(H,18,22). The first-order valence-electron chi connectivity index (χ1n) is 6.92. The van der Waals surface area contributed by atoms with E-state index in [0.717, 1.165) is 22.7 Å². The molecule has 0 bridgehead atoms. The number of hydrogen-bond acceptors (Lipinski definition) is 3. The third-order valence-electron chi connectivity index (χ3n) is 3.27. The number of hydrogen-bond donors (Lipinski definition) is 1. The maximum atomic E-state index is 5.44. The van der Waals surface area contributed by atoms with E-state index in [1.54, 1.807) is 14.2 Å². The smallest absolute Gasteiger partial charge is 0.173 e. The molecule has 0 aromatic heterocycles. The molecule has 0 amide bonds. The van der Waals surface area contributed by atoms with Crippen molar-refractivity contribution in [1.82, 2.24) is 4.90 Å². The number of para-hydroxylation sites is 1. The third-order valence-corrected chi connectivity index (χ3v) is 3.69. The van der Waals surface area contributed by atoms with Crippen LogP contribution in [0.25, 0.3) is 0 Å². The van der Waals surface area contributed by atoms with Gasteiger partial charge < -0.3 is 19.7 Å². The number of benzene rings is 2. The molecule has 0 aliphatic heterocycles. The summed E-state index contributed by atoms with van der Waals surface area (Å²) in [6, 6.07) is 15.6. The average molecular weight is 316 g/mol. The molecule has 0 atom stereocenters. The van der Waals surface area contributed by atoms with E-state index in [2.05, 4.69) is 5.32 Å². The van der Waals surface area contributed by atoms with Crippen molar-refractivity contribution in [2.45, 2.75) is 6.54 Å². The van der Waals surface area contributed by atoms with Gasteiger partial charge in [0.15, 0.2) is 5.11 Å². The Morgan fingerprint density at radius 3 is 2.45 bits per heavy atom. The summed E-state index contributed by atoms with van der Waals surface area (Å²) < 4.78 is 10.6. The minimum Gasteiger partial charge on any atom is -0.497 e. The summed E-state index contributed by atoms with van der Waals surface area (Å²) in [6.07, 6.45) is 0. The summed E-state index contributed by atoms with van der Waals surface area (Å²) in [6.45, 7) is 0.645. The number of methoxy groups -OCH3 is 2. The minimum absolute atomic E-state index is 0.645. The Hall–Kier alpha value is -2.27. The number of thiocarbonyl (C=S) groups is 1. The Morgan fingerprint density at radius 1 is 1.09 bits per heavy atom. The Kier molecular flexibility index (Phi) is 5.61. The van der Waals surface area contributed by atoms with E-state index >= 15 is 0 Å². The van der Waals surface area contributed by atoms with Gasteiger partial charge in [-0.1, -0.05) is 18.2 Å². The zero-order valence-corrected chi connectivity index (χ0v) is 13.8. The van der Waals surface area contributed by atoms with Crippen molar-refractivity contribution in [2.75, 3.05) is 26.6 Å². The van der Waals surface area contributed by atoms with Crippen molar-refractivity contribution in [3.05, 3.63) is 54.1 Å². The highest BCUT2D eigenvalue weighted by atomic mass is 32.1. The lowest BCUT2D eigenvalue weighted by Gasteiger charge is -2.22. The van der Waals surface area contributed by atoms with E-state index in [9.17, 15) is 0 Å². The van der Waals surface area contributed by atoms with Crippen LogP contribution in [0.5, 0.6) is 11.5 Å². The van der Waals surface area contributed by atoms with E-state index in [1.807, 2.05) is 60.5 Å². The van der Waals surface area contributed by atoms with Crippen molar-refractivity contribution in [3.63, 3.8) is 0 Å². The van der Waals surface area contributed by atoms with E-state index < -0.39 is 0 Å². The molecule has 0 saturated heterocycles. The molecule has 5 heteroatoms. The number of anilines is 1. The van der Waals surface area contributed by atoms with Gasteiger partial charge in [-0.15, -0.1) is 0 Å². The molecule has 0 unspecified atom stereocenters. The first-order valence-corrected chi connectivity index (χ1v) is 7.33. The molecule has 0 aliphatic rings. The molecule has 116 valence electrons. The lowest BCUT2D eigenvalue weighted by molar-refractivity contribution is 0.384. The number of nitrogens with one attached hydrogen (secondary N) is 1. The number of ether oxygens (including phenoxy) is 2. The molecule has 22 heavy (non-hydrogen) atoms. The van der Waals surface area contributed by atoms with E-state index in [1.165, 1.54) is 0 Å². The summed E-state index contributed by atoms with van der Waals surface area (Å²) in [5, 5.41) is 3.87. The summed E-state index contributed by atoms with van der Waals surface area (Å²) in [5.74, 6) is 1.56. The Labute approximate surface area is 136 Å². The van der Waals surface area contributed by atoms with Crippen LogP contribution >= 0.6 is 12.2 Å². The fourth-order valence-electron chi connectivity index (χ4n) is 2.05. The first-order chi connectivity index (χ1) is 10.6. The van der Waals surface area contributed by atoms with Crippen molar-refractivity contribution >= 4 is 23.0 Å². The molecular formula is C17H20N2O2S. The predicted octanol–water partition coefficient (Wildman–Crippen LogP) is 3.53. The van der Waals surface area contributed by atoms with Crippen LogP contribution in [-0.2, 0) is 6.54 Å². The van der Waals surface area contributed by atoms with E-state index in [4.69, 9.17) is 21.7 Å². The largest absolute Gasteiger partial charge is 0.497 e. The molecule has 0 radical (unpaired) electrons. The fraction of sp³-hybridized carbons (Fsp3) is 0.235. The number of rotatable bonds is 5. The Morgan fingerprint density at radius 2 is 1.82 bits per heavy atom. The highest BCUT2D eigenvalue weighted by molar-refractivity contribution is 7.80. The van der Waals surface area contributed by atoms with Gasteiger partial charge in [-0.3, -0.25) is 0 Å². The quantitative estimate of drug-likeness (QED) is 0.854. The van der Waals surface area contributed by atoms with Crippen molar-refractivity contribution in [1.29, 1.82) is 0 Å². The molecule has 0 saturated carbocycles. The molecule has 0 fully saturated rings. The van der Waals surface area contributed by atoms with Crippen LogP contribution in [0.3, 0.4) is 0 Å².